The molecular weight excluding hydrogens is 187 g/mol. The number of esters is 1. The van der Waals surface area contributed by atoms with Gasteiger partial charge in [0.25, 0.3) is 0 Å². The number of aromatic hydroxyl groups is 1. The lowest BCUT2D eigenvalue weighted by molar-refractivity contribution is 0.0296. The monoisotopic (exact) mass is 196 g/mol. The second-order valence-corrected chi connectivity index (χ2v) is 3.35. The quantitative estimate of drug-likeness (QED) is 0.641. The van der Waals surface area contributed by atoms with Crippen molar-refractivity contribution in [3.63, 3.8) is 0 Å². The Labute approximate surface area is 80.1 Å². The molecule has 0 radical (unpaired) electrons. The molecule has 74 valence electrons. The third kappa shape index (κ3) is 1.23. The number of hydrogen-bond donors (Lipinski definition) is 1. The van der Waals surface area contributed by atoms with E-state index in [-0.39, 0.29) is 11.7 Å². The van der Waals surface area contributed by atoms with Crippen LogP contribution in [0.25, 0.3) is 0 Å². The molecule has 14 heavy (non-hydrogen) atoms. The summed E-state index contributed by atoms with van der Waals surface area (Å²) >= 11 is 0. The van der Waals surface area contributed by atoms with Gasteiger partial charge in [0.15, 0.2) is 11.6 Å². The lowest BCUT2D eigenvalue weighted by Crippen LogP contribution is -2.25. The number of fused-ring (bicyclic) bond motifs is 1. The molecule has 1 heterocycles. The van der Waals surface area contributed by atoms with Crippen molar-refractivity contribution in [2.24, 2.45) is 0 Å². The number of hydrogen-bond acceptors (Lipinski definition) is 3. The van der Waals surface area contributed by atoms with Crippen LogP contribution in [0.15, 0.2) is 12.1 Å². The second-order valence-electron chi connectivity index (χ2n) is 3.35. The zero-order valence-electron chi connectivity index (χ0n) is 7.58. The van der Waals surface area contributed by atoms with Crippen LogP contribution in [0.2, 0.25) is 0 Å². The number of carbonyl (C=O) groups excluding carboxylic acids is 1. The van der Waals surface area contributed by atoms with Gasteiger partial charge in [0.05, 0.1) is 0 Å². The maximum Gasteiger partial charge on any atom is 0.342 e. The molecule has 3 nitrogen and oxygen atoms in total. The Morgan fingerprint density at radius 1 is 1.57 bits per heavy atom. The van der Waals surface area contributed by atoms with E-state index in [4.69, 9.17) is 4.74 Å². The zero-order chi connectivity index (χ0) is 10.3. The molecule has 0 bridgehead atoms. The van der Waals surface area contributed by atoms with E-state index in [1.54, 1.807) is 6.92 Å². The van der Waals surface area contributed by atoms with Crippen LogP contribution in [0.5, 0.6) is 5.75 Å². The molecule has 0 spiro atoms. The van der Waals surface area contributed by atoms with E-state index in [1.807, 2.05) is 0 Å². The fourth-order valence-electron chi connectivity index (χ4n) is 1.60. The van der Waals surface area contributed by atoms with Gasteiger partial charge in [-0.05, 0) is 18.6 Å². The normalized spacial score (nSPS) is 20.1. The van der Waals surface area contributed by atoms with Crippen LogP contribution in [0.1, 0.15) is 22.8 Å². The van der Waals surface area contributed by atoms with Gasteiger partial charge in [0.1, 0.15) is 11.7 Å². The minimum atomic E-state index is -0.796. The van der Waals surface area contributed by atoms with Crippen LogP contribution in [0.4, 0.5) is 4.39 Å². The first kappa shape index (κ1) is 8.99. The van der Waals surface area contributed by atoms with Crippen molar-refractivity contribution < 1.29 is 19.0 Å². The highest BCUT2D eigenvalue weighted by Crippen LogP contribution is 2.30. The summed E-state index contributed by atoms with van der Waals surface area (Å²) in [7, 11) is 0. The van der Waals surface area contributed by atoms with E-state index in [2.05, 4.69) is 0 Å². The van der Waals surface area contributed by atoms with E-state index in [1.165, 1.54) is 6.07 Å². The fraction of sp³-hybridized carbons (Fsp3) is 0.300. The van der Waals surface area contributed by atoms with Crippen molar-refractivity contribution in [3.05, 3.63) is 29.1 Å². The van der Waals surface area contributed by atoms with Gasteiger partial charge < -0.3 is 9.84 Å². The van der Waals surface area contributed by atoms with Crippen LogP contribution >= 0.6 is 0 Å². The molecule has 0 amide bonds. The summed E-state index contributed by atoms with van der Waals surface area (Å²) in [5.74, 6) is -2.06. The van der Waals surface area contributed by atoms with Crippen LogP contribution in [-0.2, 0) is 11.2 Å². The Morgan fingerprint density at radius 3 is 3.00 bits per heavy atom. The van der Waals surface area contributed by atoms with E-state index in [9.17, 15) is 14.3 Å². The third-order valence-electron chi connectivity index (χ3n) is 2.23. The first-order valence-electron chi connectivity index (χ1n) is 4.31. The van der Waals surface area contributed by atoms with E-state index >= 15 is 0 Å². The third-order valence-corrected chi connectivity index (χ3v) is 2.23. The van der Waals surface area contributed by atoms with Crippen LogP contribution < -0.4 is 0 Å². The number of carbonyl (C=O) groups is 1. The minimum Gasteiger partial charge on any atom is -0.504 e. The molecule has 1 aliphatic rings. The Balaban J connectivity index is 2.60. The van der Waals surface area contributed by atoms with Crippen molar-refractivity contribution in [3.8, 4) is 5.75 Å². The highest BCUT2D eigenvalue weighted by Gasteiger charge is 2.28. The zero-order valence-corrected chi connectivity index (χ0v) is 7.58. The van der Waals surface area contributed by atoms with Gasteiger partial charge in [-0.1, -0.05) is 6.07 Å². The van der Waals surface area contributed by atoms with Crippen molar-refractivity contribution in [2.45, 2.75) is 19.4 Å². The number of halogens is 1. The van der Waals surface area contributed by atoms with E-state index in [0.717, 1.165) is 6.07 Å². The number of benzene rings is 1. The highest BCUT2D eigenvalue weighted by atomic mass is 19.1. The first-order valence-corrected chi connectivity index (χ1v) is 4.31. The van der Waals surface area contributed by atoms with Crippen LogP contribution in [0.3, 0.4) is 0 Å². The van der Waals surface area contributed by atoms with E-state index in [0.29, 0.717) is 12.0 Å². The number of ether oxygens (including phenoxy) is 1. The average Bonchev–Trinajstić information content (AvgIpc) is 2.10. The lowest BCUT2D eigenvalue weighted by atomic mass is 9.98. The second kappa shape index (κ2) is 2.97. The van der Waals surface area contributed by atoms with Gasteiger partial charge in [-0.15, -0.1) is 0 Å². The summed E-state index contributed by atoms with van der Waals surface area (Å²) < 4.78 is 17.8. The molecule has 2 rings (SSSR count). The summed E-state index contributed by atoms with van der Waals surface area (Å²) in [5.41, 5.74) is 0.593. The van der Waals surface area contributed by atoms with Gasteiger partial charge in [-0.3, -0.25) is 0 Å². The minimum absolute atomic E-state index is 0.0388. The molecule has 1 aromatic rings. The molecule has 4 heteroatoms. The molecule has 0 fully saturated rings. The summed E-state index contributed by atoms with van der Waals surface area (Å²) in [6, 6.07) is 2.65. The molecule has 0 saturated carbocycles. The predicted molar refractivity (Wildman–Crippen MR) is 46.6 cm³/mol. The van der Waals surface area contributed by atoms with Crippen molar-refractivity contribution in [1.82, 2.24) is 0 Å². The fourth-order valence-corrected chi connectivity index (χ4v) is 1.60. The van der Waals surface area contributed by atoms with Gasteiger partial charge in [0.2, 0.25) is 0 Å². The molecule has 1 unspecified atom stereocenters. The molecular formula is C10H9FO3. The average molecular weight is 196 g/mol. The van der Waals surface area contributed by atoms with Gasteiger partial charge in [-0.2, -0.15) is 0 Å². The summed E-state index contributed by atoms with van der Waals surface area (Å²) in [5, 5.41) is 9.32. The molecule has 0 aliphatic carbocycles. The predicted octanol–water partition coefficient (Wildman–Crippen LogP) is 1.63. The van der Waals surface area contributed by atoms with Gasteiger partial charge >= 0.3 is 5.97 Å². The summed E-state index contributed by atoms with van der Waals surface area (Å²) in [4.78, 5) is 11.3. The van der Waals surface area contributed by atoms with Gasteiger partial charge in [-0.25, -0.2) is 9.18 Å². The largest absolute Gasteiger partial charge is 0.504 e. The molecule has 1 aliphatic heterocycles. The first-order chi connectivity index (χ1) is 6.59. The maximum absolute atomic E-state index is 12.9. The number of cyclic esters (lactones) is 1. The molecule has 1 atom stereocenters. The SMILES string of the molecule is CC1Cc2ccc(F)c(O)c2C(=O)O1. The number of rotatable bonds is 0. The summed E-state index contributed by atoms with van der Waals surface area (Å²) in [6.45, 7) is 1.75. The Kier molecular flexibility index (Phi) is 1.91. The lowest BCUT2D eigenvalue weighted by Gasteiger charge is -2.22. The molecule has 1 aromatic carbocycles. The van der Waals surface area contributed by atoms with Crippen molar-refractivity contribution >= 4 is 5.97 Å². The highest BCUT2D eigenvalue weighted by molar-refractivity contribution is 5.95. The Hall–Kier alpha value is -1.58. The molecule has 0 aromatic heterocycles. The summed E-state index contributed by atoms with van der Waals surface area (Å²) in [6.07, 6.45) is 0.286. The van der Waals surface area contributed by atoms with Crippen molar-refractivity contribution in [2.75, 3.05) is 0 Å². The molecule has 1 N–H and O–H groups in total. The number of phenols is 1. The van der Waals surface area contributed by atoms with Gasteiger partial charge in [0, 0.05) is 6.42 Å². The van der Waals surface area contributed by atoms with Crippen LogP contribution in [0, 0.1) is 5.82 Å². The van der Waals surface area contributed by atoms with Crippen molar-refractivity contribution in [1.29, 1.82) is 0 Å². The van der Waals surface area contributed by atoms with E-state index < -0.39 is 17.5 Å². The number of phenolic OH excluding ortho intramolecular Hbond substituents is 1. The Bertz CT molecular complexity index is 401. The smallest absolute Gasteiger partial charge is 0.342 e. The topological polar surface area (TPSA) is 46.5 Å². The Morgan fingerprint density at radius 2 is 2.29 bits per heavy atom. The molecule has 0 saturated heterocycles. The standard InChI is InChI=1S/C10H9FO3/c1-5-4-6-2-3-7(11)9(12)8(6)10(13)14-5/h2-3,5,12H,4H2,1H3. The van der Waals surface area contributed by atoms with Crippen LogP contribution in [-0.4, -0.2) is 17.2 Å². The maximum atomic E-state index is 12.9.